The number of rotatable bonds is 2. The highest BCUT2D eigenvalue weighted by Gasteiger charge is 2.54. The van der Waals surface area contributed by atoms with Gasteiger partial charge in [0.1, 0.15) is 24.1 Å². The smallest absolute Gasteiger partial charge is 0.351 e. The number of aliphatic hydroxyl groups excluding tert-OH is 1. The van der Waals surface area contributed by atoms with E-state index in [0.29, 0.717) is 0 Å². The van der Waals surface area contributed by atoms with Gasteiger partial charge >= 0.3 is 5.69 Å². The van der Waals surface area contributed by atoms with Gasteiger partial charge in [0, 0.05) is 6.20 Å². The van der Waals surface area contributed by atoms with Crippen molar-refractivity contribution >= 4 is 13.6 Å². The Morgan fingerprint density at radius 3 is 2.85 bits per heavy atom. The van der Waals surface area contributed by atoms with Crippen LogP contribution in [0.15, 0.2) is 17.1 Å². The summed E-state index contributed by atoms with van der Waals surface area (Å²) in [4.78, 5) is 26.6. The molecule has 2 aliphatic heterocycles. The zero-order chi connectivity index (χ0) is 14.5. The van der Waals surface area contributed by atoms with E-state index in [9.17, 15) is 19.4 Å². The average molecular weight is 304 g/mol. The second-order valence-corrected chi connectivity index (χ2v) is 5.69. The topological polar surface area (TPSA) is 149 Å². The van der Waals surface area contributed by atoms with E-state index in [-0.39, 0.29) is 5.82 Å². The SMILES string of the molecule is Nc1ccn([C@@H]2O[C@@H](CO)[C@H]3OP(=O)([O-])O[C@H]32)c(=O)n1. The van der Waals surface area contributed by atoms with Crippen molar-refractivity contribution in [1.82, 2.24) is 9.55 Å². The molecule has 2 saturated heterocycles. The monoisotopic (exact) mass is 304 g/mol. The van der Waals surface area contributed by atoms with Gasteiger partial charge in [0.2, 0.25) is 0 Å². The summed E-state index contributed by atoms with van der Waals surface area (Å²) in [5.74, 6) is 0.0255. The van der Waals surface area contributed by atoms with Gasteiger partial charge in [-0.25, -0.2) is 4.79 Å². The van der Waals surface area contributed by atoms with Gasteiger partial charge in [-0.05, 0) is 6.07 Å². The van der Waals surface area contributed by atoms with Gasteiger partial charge in [-0.3, -0.25) is 9.13 Å². The number of anilines is 1. The molecule has 0 bridgehead atoms. The third-order valence-electron chi connectivity index (χ3n) is 3.09. The number of fused-ring (bicyclic) bond motifs is 1. The van der Waals surface area contributed by atoms with Crippen LogP contribution >= 0.6 is 7.82 Å². The molecule has 1 aromatic rings. The van der Waals surface area contributed by atoms with Crippen LogP contribution in [-0.2, 0) is 18.3 Å². The van der Waals surface area contributed by atoms with Crippen LogP contribution in [-0.4, -0.2) is 39.6 Å². The van der Waals surface area contributed by atoms with E-state index in [2.05, 4.69) is 4.98 Å². The molecule has 11 heteroatoms. The Labute approximate surface area is 112 Å². The van der Waals surface area contributed by atoms with Crippen LogP contribution < -0.4 is 16.3 Å². The van der Waals surface area contributed by atoms with Crippen molar-refractivity contribution in [3.8, 4) is 0 Å². The fraction of sp³-hybridized carbons (Fsp3) is 0.556. The van der Waals surface area contributed by atoms with Gasteiger partial charge in [-0.15, -0.1) is 0 Å². The number of aliphatic hydroxyl groups is 1. The molecule has 3 N–H and O–H groups in total. The molecule has 0 amide bonds. The van der Waals surface area contributed by atoms with E-state index in [0.717, 1.165) is 4.57 Å². The molecule has 5 atom stereocenters. The summed E-state index contributed by atoms with van der Waals surface area (Å²) in [6.45, 7) is -0.474. The number of phosphoric acid groups is 1. The third-order valence-corrected chi connectivity index (χ3v) is 4.10. The average Bonchev–Trinajstić information content (AvgIpc) is 2.83. The Kier molecular flexibility index (Phi) is 3.16. The Morgan fingerprint density at radius 2 is 2.20 bits per heavy atom. The van der Waals surface area contributed by atoms with Gasteiger partial charge in [0.15, 0.2) is 6.23 Å². The Hall–Kier alpha value is -1.29. The van der Waals surface area contributed by atoms with Crippen LogP contribution in [0.1, 0.15) is 6.23 Å². The number of aromatic nitrogens is 2. The molecule has 2 aliphatic rings. The Morgan fingerprint density at radius 1 is 1.50 bits per heavy atom. The lowest BCUT2D eigenvalue weighted by atomic mass is 10.1. The first-order valence-electron chi connectivity index (χ1n) is 5.70. The first-order chi connectivity index (χ1) is 9.41. The van der Waals surface area contributed by atoms with Crippen molar-refractivity contribution in [3.05, 3.63) is 22.7 Å². The largest absolute Gasteiger partial charge is 0.756 e. The summed E-state index contributed by atoms with van der Waals surface area (Å²) < 4.78 is 27.3. The lowest BCUT2D eigenvalue weighted by Gasteiger charge is -2.22. The van der Waals surface area contributed by atoms with E-state index < -0.39 is 44.7 Å². The molecular weight excluding hydrogens is 293 g/mol. The minimum absolute atomic E-state index is 0.0255. The maximum absolute atomic E-state index is 11.8. The fourth-order valence-electron chi connectivity index (χ4n) is 2.26. The van der Waals surface area contributed by atoms with Gasteiger partial charge < -0.3 is 29.5 Å². The molecule has 0 saturated carbocycles. The highest BCUT2D eigenvalue weighted by molar-refractivity contribution is 7.46. The lowest BCUT2D eigenvalue weighted by molar-refractivity contribution is -0.222. The van der Waals surface area contributed by atoms with Crippen LogP contribution in [0.25, 0.3) is 0 Å². The van der Waals surface area contributed by atoms with E-state index in [1.54, 1.807) is 0 Å². The van der Waals surface area contributed by atoms with Crippen molar-refractivity contribution in [2.24, 2.45) is 0 Å². The zero-order valence-electron chi connectivity index (χ0n) is 9.99. The quantitative estimate of drug-likeness (QED) is 0.589. The number of phosphoric ester groups is 1. The second-order valence-electron chi connectivity index (χ2n) is 4.38. The minimum atomic E-state index is -4.46. The van der Waals surface area contributed by atoms with Crippen molar-refractivity contribution in [2.45, 2.75) is 24.5 Å². The van der Waals surface area contributed by atoms with E-state index in [4.69, 9.17) is 19.5 Å². The van der Waals surface area contributed by atoms with Crippen LogP contribution in [0.4, 0.5) is 5.82 Å². The first kappa shape index (κ1) is 13.7. The van der Waals surface area contributed by atoms with E-state index >= 15 is 0 Å². The minimum Gasteiger partial charge on any atom is -0.756 e. The molecule has 3 rings (SSSR count). The summed E-state index contributed by atoms with van der Waals surface area (Å²) in [5.41, 5.74) is 4.65. The Balaban J connectivity index is 1.98. The molecule has 20 heavy (non-hydrogen) atoms. The van der Waals surface area contributed by atoms with E-state index in [1.807, 2.05) is 0 Å². The van der Waals surface area contributed by atoms with Crippen molar-refractivity contribution < 1.29 is 28.3 Å². The maximum atomic E-state index is 11.8. The van der Waals surface area contributed by atoms with Crippen LogP contribution in [0.2, 0.25) is 0 Å². The summed E-state index contributed by atoms with van der Waals surface area (Å²) in [6.07, 6.45) is -2.73. The van der Waals surface area contributed by atoms with Gasteiger partial charge in [0.25, 0.3) is 7.82 Å². The fourth-order valence-corrected chi connectivity index (χ4v) is 3.39. The highest BCUT2D eigenvalue weighted by atomic mass is 31.2. The molecule has 0 aliphatic carbocycles. The summed E-state index contributed by atoms with van der Waals surface area (Å²) in [7, 11) is -4.46. The maximum Gasteiger partial charge on any atom is 0.351 e. The standard InChI is InChI=1S/C9H12N3O7P/c10-5-1-2-12(9(14)11-5)8-7-6(4(3-13)17-8)18-20(15,16)19-7/h1-2,4,6-8,13H,3H2,(H,15,16)(H2,10,11,14)/p-1/t4-,6+,7+,8+/m0/s1. The predicted octanol–water partition coefficient (Wildman–Crippen LogP) is -2.03. The number of nitrogen functional groups attached to an aromatic ring is 1. The second kappa shape index (κ2) is 4.62. The summed E-state index contributed by atoms with van der Waals surface area (Å²) in [5, 5.41) is 9.19. The third kappa shape index (κ3) is 2.16. The predicted molar refractivity (Wildman–Crippen MR) is 61.3 cm³/mol. The van der Waals surface area contributed by atoms with Gasteiger partial charge in [-0.2, -0.15) is 4.98 Å². The lowest BCUT2D eigenvalue weighted by Crippen LogP contribution is -2.34. The van der Waals surface area contributed by atoms with Crippen molar-refractivity contribution in [3.63, 3.8) is 0 Å². The number of nitrogens with two attached hydrogens (primary N) is 1. The normalized spacial score (nSPS) is 39.9. The number of hydrogen-bond donors (Lipinski definition) is 2. The van der Waals surface area contributed by atoms with Crippen LogP contribution in [0, 0.1) is 0 Å². The van der Waals surface area contributed by atoms with Crippen LogP contribution in [0.5, 0.6) is 0 Å². The molecule has 0 radical (unpaired) electrons. The zero-order valence-corrected chi connectivity index (χ0v) is 10.9. The molecule has 1 aromatic heterocycles. The number of ether oxygens (including phenoxy) is 1. The number of hydrogen-bond acceptors (Lipinski definition) is 9. The van der Waals surface area contributed by atoms with Crippen molar-refractivity contribution in [2.75, 3.05) is 12.3 Å². The van der Waals surface area contributed by atoms with E-state index in [1.165, 1.54) is 12.3 Å². The Bertz CT molecular complexity index is 634. The first-order valence-corrected chi connectivity index (χ1v) is 7.16. The summed E-state index contributed by atoms with van der Waals surface area (Å²) in [6, 6.07) is 1.36. The number of nitrogens with zero attached hydrogens (tertiary/aromatic N) is 2. The summed E-state index contributed by atoms with van der Waals surface area (Å²) >= 11 is 0. The van der Waals surface area contributed by atoms with Crippen molar-refractivity contribution in [1.29, 1.82) is 0 Å². The molecular formula is C9H11N3O7P-. The molecule has 10 nitrogen and oxygen atoms in total. The molecule has 0 spiro atoms. The van der Waals surface area contributed by atoms with Gasteiger partial charge in [-0.1, -0.05) is 0 Å². The van der Waals surface area contributed by atoms with Gasteiger partial charge in [0.05, 0.1) is 6.61 Å². The molecule has 3 heterocycles. The molecule has 110 valence electrons. The molecule has 1 unspecified atom stereocenters. The van der Waals surface area contributed by atoms with Crippen LogP contribution in [0.3, 0.4) is 0 Å². The molecule has 0 aromatic carbocycles. The molecule has 2 fully saturated rings. The highest BCUT2D eigenvalue weighted by Crippen LogP contribution is 2.55.